The van der Waals surface area contributed by atoms with Crippen LogP contribution in [0, 0.1) is 0 Å². The minimum Gasteiger partial charge on any atom is -0.379 e. The largest absolute Gasteiger partial charge is 0.379 e. The molecule has 1 saturated heterocycles. The molecule has 1 fully saturated rings. The van der Waals surface area contributed by atoms with Gasteiger partial charge in [0.1, 0.15) is 6.10 Å². The molecule has 1 atom stereocenters. The highest BCUT2D eigenvalue weighted by atomic mass is 35.5. The monoisotopic (exact) mass is 379 g/mol. The highest BCUT2D eigenvalue weighted by molar-refractivity contribution is 5.85. The van der Waals surface area contributed by atoms with Gasteiger partial charge in [-0.3, -0.25) is 9.69 Å². The lowest BCUT2D eigenvalue weighted by Gasteiger charge is -2.27. The van der Waals surface area contributed by atoms with E-state index < -0.39 is 6.10 Å². The summed E-state index contributed by atoms with van der Waals surface area (Å²) in [6, 6.07) is 8.16. The number of halogens is 2. The van der Waals surface area contributed by atoms with E-state index in [1.165, 1.54) is 12.7 Å². The number of nitrogens with zero attached hydrogens (tertiary/aromatic N) is 1. The fourth-order valence-electron chi connectivity index (χ4n) is 2.49. The van der Waals surface area contributed by atoms with Crippen LogP contribution in [-0.2, 0) is 27.4 Å². The predicted octanol–water partition coefficient (Wildman–Crippen LogP) is 0.952. The van der Waals surface area contributed by atoms with Gasteiger partial charge in [0.15, 0.2) is 0 Å². The van der Waals surface area contributed by atoms with Gasteiger partial charge in [-0.25, -0.2) is 0 Å². The van der Waals surface area contributed by atoms with Gasteiger partial charge in [0.05, 0.1) is 13.2 Å². The first-order valence-electron chi connectivity index (χ1n) is 7.62. The number of methoxy groups -OCH3 is 1. The Morgan fingerprint density at radius 1 is 1.29 bits per heavy atom. The molecule has 6 nitrogen and oxygen atoms in total. The first-order chi connectivity index (χ1) is 10.7. The number of rotatable bonds is 7. The molecule has 2 rings (SSSR count). The first kappa shape index (κ1) is 23.1. The van der Waals surface area contributed by atoms with Gasteiger partial charge in [-0.15, -0.1) is 24.8 Å². The van der Waals surface area contributed by atoms with Crippen LogP contribution in [0.25, 0.3) is 0 Å². The molecule has 1 aromatic carbocycles. The van der Waals surface area contributed by atoms with Crippen LogP contribution in [0.4, 0.5) is 0 Å². The fraction of sp³-hybridized carbons (Fsp3) is 0.562. The number of carbonyl (C=O) groups is 1. The Hall–Kier alpha value is -0.890. The molecule has 24 heavy (non-hydrogen) atoms. The number of morpholine rings is 1. The molecule has 1 unspecified atom stereocenters. The molecule has 3 N–H and O–H groups in total. The van der Waals surface area contributed by atoms with Crippen LogP contribution in [0.5, 0.6) is 0 Å². The first-order valence-corrected chi connectivity index (χ1v) is 7.62. The summed E-state index contributed by atoms with van der Waals surface area (Å²) in [6.45, 7) is 4.99. The van der Waals surface area contributed by atoms with Crippen LogP contribution in [0.2, 0.25) is 0 Å². The van der Waals surface area contributed by atoms with Crippen LogP contribution in [-0.4, -0.2) is 56.9 Å². The highest BCUT2D eigenvalue weighted by Crippen LogP contribution is 2.13. The number of nitrogens with one attached hydrogen (secondary N) is 1. The number of amides is 1. The van der Waals surface area contributed by atoms with Crippen molar-refractivity contribution in [3.05, 3.63) is 35.4 Å². The van der Waals surface area contributed by atoms with Crippen LogP contribution < -0.4 is 11.1 Å². The molecular formula is C16H27Cl2N3O3. The minimum absolute atomic E-state index is 0. The quantitative estimate of drug-likeness (QED) is 0.737. The third kappa shape index (κ3) is 6.93. The van der Waals surface area contributed by atoms with Crippen molar-refractivity contribution in [1.29, 1.82) is 0 Å². The van der Waals surface area contributed by atoms with Gasteiger partial charge < -0.3 is 20.5 Å². The summed E-state index contributed by atoms with van der Waals surface area (Å²) >= 11 is 0. The average Bonchev–Trinajstić information content (AvgIpc) is 2.56. The van der Waals surface area contributed by atoms with E-state index in [1.807, 2.05) is 18.2 Å². The summed E-state index contributed by atoms with van der Waals surface area (Å²) in [5, 5.41) is 2.89. The normalized spacial score (nSPS) is 15.8. The maximum atomic E-state index is 11.9. The lowest BCUT2D eigenvalue weighted by Crippen LogP contribution is -2.40. The second kappa shape index (κ2) is 12.5. The topological polar surface area (TPSA) is 76.8 Å². The van der Waals surface area contributed by atoms with Crippen molar-refractivity contribution in [3.63, 3.8) is 0 Å². The van der Waals surface area contributed by atoms with E-state index in [9.17, 15) is 4.79 Å². The third-order valence-corrected chi connectivity index (χ3v) is 3.86. The van der Waals surface area contributed by atoms with Gasteiger partial charge in [0.25, 0.3) is 5.91 Å². The van der Waals surface area contributed by atoms with Crippen molar-refractivity contribution >= 4 is 30.7 Å². The lowest BCUT2D eigenvalue weighted by molar-refractivity contribution is -0.130. The molecule has 0 aliphatic carbocycles. The average molecular weight is 380 g/mol. The van der Waals surface area contributed by atoms with Gasteiger partial charge in [0, 0.05) is 39.8 Å². The van der Waals surface area contributed by atoms with E-state index in [1.54, 1.807) is 0 Å². The molecule has 1 heterocycles. The number of benzene rings is 1. The second-order valence-corrected chi connectivity index (χ2v) is 5.34. The Labute approximate surface area is 155 Å². The zero-order chi connectivity index (χ0) is 15.8. The Kier molecular flexibility index (Phi) is 12.0. The molecule has 1 aliphatic rings. The highest BCUT2D eigenvalue weighted by Gasteiger charge is 2.16. The minimum atomic E-state index is -0.591. The zero-order valence-corrected chi connectivity index (χ0v) is 15.5. The van der Waals surface area contributed by atoms with E-state index in [0.29, 0.717) is 6.54 Å². The Balaban J connectivity index is 0.00000264. The Morgan fingerprint density at radius 3 is 2.50 bits per heavy atom. The number of ether oxygens (including phenoxy) is 2. The van der Waals surface area contributed by atoms with E-state index in [4.69, 9.17) is 15.2 Å². The van der Waals surface area contributed by atoms with Crippen LogP contribution in [0.3, 0.4) is 0 Å². The molecule has 138 valence electrons. The van der Waals surface area contributed by atoms with Crippen molar-refractivity contribution < 1.29 is 14.3 Å². The van der Waals surface area contributed by atoms with E-state index in [-0.39, 0.29) is 37.3 Å². The smallest absolute Gasteiger partial charge is 0.250 e. The molecule has 1 aliphatic heterocycles. The van der Waals surface area contributed by atoms with Gasteiger partial charge in [-0.2, -0.15) is 0 Å². The fourth-order valence-corrected chi connectivity index (χ4v) is 2.49. The summed E-state index contributed by atoms with van der Waals surface area (Å²) < 4.78 is 10.4. The predicted molar refractivity (Wildman–Crippen MR) is 98.7 cm³/mol. The summed E-state index contributed by atoms with van der Waals surface area (Å²) in [5.41, 5.74) is 7.85. The number of carbonyl (C=O) groups excluding carboxylic acids is 1. The van der Waals surface area contributed by atoms with Crippen molar-refractivity contribution in [3.8, 4) is 0 Å². The number of hydrogen-bond acceptors (Lipinski definition) is 5. The Morgan fingerprint density at radius 2 is 1.92 bits per heavy atom. The molecule has 0 bridgehead atoms. The van der Waals surface area contributed by atoms with E-state index in [2.05, 4.69) is 16.3 Å². The van der Waals surface area contributed by atoms with Crippen LogP contribution >= 0.6 is 24.8 Å². The van der Waals surface area contributed by atoms with Crippen molar-refractivity contribution in [1.82, 2.24) is 10.2 Å². The molecule has 0 spiro atoms. The maximum absolute atomic E-state index is 11.9. The lowest BCUT2D eigenvalue weighted by atomic mass is 10.1. The standard InChI is InChI=1S/C16H25N3O3.2ClH/c1-21-15(10-17)16(20)18-11-13-4-2-3-5-14(13)12-19-6-8-22-9-7-19;;/h2-5,15H,6-12,17H2,1H3,(H,18,20);2*1H. The molecule has 0 radical (unpaired) electrons. The summed E-state index contributed by atoms with van der Waals surface area (Å²) in [4.78, 5) is 14.3. The van der Waals surface area contributed by atoms with Gasteiger partial charge in [0.2, 0.25) is 0 Å². The SMILES string of the molecule is COC(CN)C(=O)NCc1ccccc1CN1CCOCC1.Cl.Cl. The maximum Gasteiger partial charge on any atom is 0.250 e. The summed E-state index contributed by atoms with van der Waals surface area (Å²) in [6.07, 6.45) is -0.591. The Bertz CT molecular complexity index is 481. The van der Waals surface area contributed by atoms with E-state index >= 15 is 0 Å². The third-order valence-electron chi connectivity index (χ3n) is 3.86. The zero-order valence-electron chi connectivity index (χ0n) is 13.9. The molecule has 0 aromatic heterocycles. The molecule has 1 amide bonds. The van der Waals surface area contributed by atoms with E-state index in [0.717, 1.165) is 38.4 Å². The van der Waals surface area contributed by atoms with Crippen LogP contribution in [0.1, 0.15) is 11.1 Å². The number of hydrogen-bond donors (Lipinski definition) is 2. The molecular weight excluding hydrogens is 353 g/mol. The number of nitrogens with two attached hydrogens (primary N) is 1. The van der Waals surface area contributed by atoms with Crippen LogP contribution in [0.15, 0.2) is 24.3 Å². The van der Waals surface area contributed by atoms with Crippen molar-refractivity contribution in [2.24, 2.45) is 5.73 Å². The van der Waals surface area contributed by atoms with Gasteiger partial charge in [-0.05, 0) is 11.1 Å². The second-order valence-electron chi connectivity index (χ2n) is 5.34. The molecule has 8 heteroatoms. The molecule has 0 saturated carbocycles. The molecule has 1 aromatic rings. The van der Waals surface area contributed by atoms with Crippen molar-refractivity contribution in [2.75, 3.05) is 40.0 Å². The van der Waals surface area contributed by atoms with Crippen molar-refractivity contribution in [2.45, 2.75) is 19.2 Å². The summed E-state index contributed by atoms with van der Waals surface area (Å²) in [7, 11) is 1.49. The summed E-state index contributed by atoms with van der Waals surface area (Å²) in [5.74, 6) is -0.175. The van der Waals surface area contributed by atoms with Gasteiger partial charge >= 0.3 is 0 Å². The van der Waals surface area contributed by atoms with Gasteiger partial charge in [-0.1, -0.05) is 24.3 Å².